The molecule has 1 unspecified atom stereocenters. The number of hydrogen-bond acceptors (Lipinski definition) is 2. The third kappa shape index (κ3) is 3.96. The van der Waals surface area contributed by atoms with E-state index in [4.69, 9.17) is 0 Å². The number of amides is 1. The van der Waals surface area contributed by atoms with E-state index < -0.39 is 0 Å². The topological polar surface area (TPSA) is 20.3 Å². The second kappa shape index (κ2) is 7.79. The van der Waals surface area contributed by atoms with Gasteiger partial charge in [-0.1, -0.05) is 36.4 Å². The molecule has 1 aliphatic heterocycles. The fourth-order valence-electron chi connectivity index (χ4n) is 2.92. The lowest BCUT2D eigenvalue weighted by Crippen LogP contribution is -2.34. The normalized spacial score (nSPS) is 18.2. The van der Waals surface area contributed by atoms with Crippen molar-refractivity contribution in [2.24, 2.45) is 0 Å². The van der Waals surface area contributed by atoms with Crippen LogP contribution in [-0.4, -0.2) is 29.6 Å². The third-order valence-corrected chi connectivity index (χ3v) is 5.56. The summed E-state index contributed by atoms with van der Waals surface area (Å²) in [7, 11) is 0. The second-order valence-electron chi connectivity index (χ2n) is 5.82. The molecule has 2 aromatic rings. The molecule has 126 valence electrons. The van der Waals surface area contributed by atoms with Crippen molar-refractivity contribution in [3.63, 3.8) is 0 Å². The molecule has 1 atom stereocenters. The molecule has 5 heteroatoms. The van der Waals surface area contributed by atoms with E-state index in [2.05, 4.69) is 0 Å². The summed E-state index contributed by atoms with van der Waals surface area (Å²) in [4.78, 5) is 14.2. The maximum Gasteiger partial charge on any atom is 0.227 e. The summed E-state index contributed by atoms with van der Waals surface area (Å²) < 4.78 is 27.7. The Bertz CT molecular complexity index is 722. The molecule has 1 fully saturated rings. The van der Waals surface area contributed by atoms with E-state index in [1.807, 2.05) is 12.1 Å². The molecule has 0 aromatic heterocycles. The predicted molar refractivity (Wildman–Crippen MR) is 92.9 cm³/mol. The van der Waals surface area contributed by atoms with E-state index in [-0.39, 0.29) is 29.2 Å². The SMILES string of the molecule is O=C(Cc1ccccc1F)N1CCSC(c2ccccc2F)CC1. The van der Waals surface area contributed by atoms with E-state index in [1.54, 1.807) is 40.9 Å². The van der Waals surface area contributed by atoms with Crippen molar-refractivity contribution in [1.82, 2.24) is 4.90 Å². The lowest BCUT2D eigenvalue weighted by atomic mass is 10.1. The second-order valence-corrected chi connectivity index (χ2v) is 7.13. The monoisotopic (exact) mass is 347 g/mol. The van der Waals surface area contributed by atoms with E-state index in [1.165, 1.54) is 12.1 Å². The molecule has 0 N–H and O–H groups in total. The Hall–Kier alpha value is -1.88. The van der Waals surface area contributed by atoms with Gasteiger partial charge in [-0.3, -0.25) is 4.79 Å². The summed E-state index contributed by atoms with van der Waals surface area (Å²) in [5.41, 5.74) is 1.12. The number of hydrogen-bond donors (Lipinski definition) is 0. The van der Waals surface area contributed by atoms with E-state index in [9.17, 15) is 13.6 Å². The summed E-state index contributed by atoms with van der Waals surface area (Å²) in [5, 5.41) is 0.0532. The standard InChI is InChI=1S/C19H19F2NOS/c20-16-7-3-1-5-14(16)13-19(23)22-10-9-18(24-12-11-22)15-6-2-4-8-17(15)21/h1-8,18H,9-13H2. The molecule has 0 spiro atoms. The molecule has 1 heterocycles. The Kier molecular flexibility index (Phi) is 5.51. The molecule has 1 amide bonds. The Morgan fingerprint density at radius 3 is 2.50 bits per heavy atom. The number of nitrogens with zero attached hydrogens (tertiary/aromatic N) is 1. The van der Waals surface area contributed by atoms with Gasteiger partial charge in [0.25, 0.3) is 0 Å². The Labute approximate surface area is 144 Å². The predicted octanol–water partition coefficient (Wildman–Crippen LogP) is 4.21. The summed E-state index contributed by atoms with van der Waals surface area (Å²) in [6.45, 7) is 1.18. The fraction of sp³-hybridized carbons (Fsp3) is 0.316. The van der Waals surface area contributed by atoms with Gasteiger partial charge in [0.05, 0.1) is 6.42 Å². The Morgan fingerprint density at radius 2 is 1.75 bits per heavy atom. The van der Waals surface area contributed by atoms with Crippen LogP contribution in [0.3, 0.4) is 0 Å². The first kappa shape index (κ1) is 17.0. The van der Waals surface area contributed by atoms with Crippen LogP contribution >= 0.6 is 11.8 Å². The highest BCUT2D eigenvalue weighted by molar-refractivity contribution is 7.99. The van der Waals surface area contributed by atoms with Gasteiger partial charge in [0.2, 0.25) is 5.91 Å². The van der Waals surface area contributed by atoms with E-state index in [0.29, 0.717) is 30.6 Å². The lowest BCUT2D eigenvalue weighted by Gasteiger charge is -2.20. The van der Waals surface area contributed by atoms with Crippen molar-refractivity contribution in [3.8, 4) is 0 Å². The number of carbonyl (C=O) groups excluding carboxylic acids is 1. The van der Waals surface area contributed by atoms with Crippen molar-refractivity contribution in [2.45, 2.75) is 18.1 Å². The van der Waals surface area contributed by atoms with Gasteiger partial charge < -0.3 is 4.90 Å². The molecule has 2 aromatic carbocycles. The van der Waals surface area contributed by atoms with Crippen LogP contribution in [0.25, 0.3) is 0 Å². The minimum Gasteiger partial charge on any atom is -0.342 e. The van der Waals surface area contributed by atoms with Crippen molar-refractivity contribution in [3.05, 3.63) is 71.3 Å². The number of carbonyl (C=O) groups is 1. The zero-order valence-electron chi connectivity index (χ0n) is 13.3. The van der Waals surface area contributed by atoms with Crippen LogP contribution in [-0.2, 0) is 11.2 Å². The number of thioether (sulfide) groups is 1. The molecule has 0 radical (unpaired) electrons. The van der Waals surface area contributed by atoms with Crippen LogP contribution in [0.1, 0.15) is 22.8 Å². The zero-order valence-corrected chi connectivity index (χ0v) is 14.1. The van der Waals surface area contributed by atoms with Gasteiger partial charge in [-0.15, -0.1) is 0 Å². The smallest absolute Gasteiger partial charge is 0.227 e. The van der Waals surface area contributed by atoms with Gasteiger partial charge >= 0.3 is 0 Å². The lowest BCUT2D eigenvalue weighted by molar-refractivity contribution is -0.130. The molecule has 3 rings (SSSR count). The summed E-state index contributed by atoms with van der Waals surface area (Å²) in [6.07, 6.45) is 0.774. The summed E-state index contributed by atoms with van der Waals surface area (Å²) in [5.74, 6) is 0.137. The largest absolute Gasteiger partial charge is 0.342 e. The van der Waals surface area contributed by atoms with Gasteiger partial charge in [-0.05, 0) is 24.1 Å². The molecular weight excluding hydrogens is 328 g/mol. The fourth-order valence-corrected chi connectivity index (χ4v) is 4.17. The van der Waals surface area contributed by atoms with Gasteiger partial charge in [0.15, 0.2) is 0 Å². The van der Waals surface area contributed by atoms with Gasteiger partial charge in [0.1, 0.15) is 11.6 Å². The van der Waals surface area contributed by atoms with E-state index >= 15 is 0 Å². The first-order valence-corrected chi connectivity index (χ1v) is 9.07. The zero-order chi connectivity index (χ0) is 16.9. The minimum atomic E-state index is -0.348. The van der Waals surface area contributed by atoms with Gasteiger partial charge in [0, 0.05) is 29.7 Å². The van der Waals surface area contributed by atoms with Crippen LogP contribution in [0.5, 0.6) is 0 Å². The quantitative estimate of drug-likeness (QED) is 0.829. The molecule has 1 saturated heterocycles. The minimum absolute atomic E-state index is 0.0532. The van der Waals surface area contributed by atoms with Crippen LogP contribution in [0.2, 0.25) is 0 Å². The molecular formula is C19H19F2NOS. The number of halogens is 2. The first-order valence-electron chi connectivity index (χ1n) is 8.02. The van der Waals surface area contributed by atoms with Crippen LogP contribution in [0.4, 0.5) is 8.78 Å². The molecule has 1 aliphatic rings. The molecule has 0 bridgehead atoms. The average molecular weight is 347 g/mol. The highest BCUT2D eigenvalue weighted by Crippen LogP contribution is 2.35. The molecule has 24 heavy (non-hydrogen) atoms. The van der Waals surface area contributed by atoms with Crippen molar-refractivity contribution >= 4 is 17.7 Å². The summed E-state index contributed by atoms with van der Waals surface area (Å²) >= 11 is 1.67. The molecule has 0 aliphatic carbocycles. The van der Waals surface area contributed by atoms with Crippen LogP contribution in [0, 0.1) is 11.6 Å². The maximum absolute atomic E-state index is 14.0. The van der Waals surface area contributed by atoms with Crippen molar-refractivity contribution in [1.29, 1.82) is 0 Å². The number of benzene rings is 2. The number of rotatable bonds is 3. The third-order valence-electron chi connectivity index (χ3n) is 4.25. The molecule has 0 saturated carbocycles. The van der Waals surface area contributed by atoms with Crippen molar-refractivity contribution < 1.29 is 13.6 Å². The van der Waals surface area contributed by atoms with Gasteiger partial charge in [-0.25, -0.2) is 8.78 Å². The highest BCUT2D eigenvalue weighted by atomic mass is 32.2. The van der Waals surface area contributed by atoms with Crippen molar-refractivity contribution in [2.75, 3.05) is 18.8 Å². The van der Waals surface area contributed by atoms with Crippen LogP contribution in [0.15, 0.2) is 48.5 Å². The molecule has 2 nitrogen and oxygen atoms in total. The highest BCUT2D eigenvalue weighted by Gasteiger charge is 2.24. The van der Waals surface area contributed by atoms with Crippen LogP contribution < -0.4 is 0 Å². The summed E-state index contributed by atoms with van der Waals surface area (Å²) in [6, 6.07) is 13.2. The maximum atomic E-state index is 14.0. The van der Waals surface area contributed by atoms with E-state index in [0.717, 1.165) is 5.75 Å². The van der Waals surface area contributed by atoms with Gasteiger partial charge in [-0.2, -0.15) is 11.8 Å². The average Bonchev–Trinajstić information content (AvgIpc) is 2.83. The first-order chi connectivity index (χ1) is 11.6. The Morgan fingerprint density at radius 1 is 1.04 bits per heavy atom. The Balaban J connectivity index is 1.64.